The predicted octanol–water partition coefficient (Wildman–Crippen LogP) is 1.09. The summed E-state index contributed by atoms with van der Waals surface area (Å²) in [6, 6.07) is 9.42. The van der Waals surface area contributed by atoms with Gasteiger partial charge in [-0.15, -0.1) is 0 Å². The Hall–Kier alpha value is -2.38. The molecule has 1 fully saturated rings. The summed E-state index contributed by atoms with van der Waals surface area (Å²) < 4.78 is 5.84. The molecule has 3 rings (SSSR count). The first-order valence-corrected chi connectivity index (χ1v) is 7.81. The van der Waals surface area contributed by atoms with Crippen LogP contribution < -0.4 is 21.1 Å². The van der Waals surface area contributed by atoms with Gasteiger partial charge in [0.15, 0.2) is 0 Å². The molecule has 0 bridgehead atoms. The van der Waals surface area contributed by atoms with Gasteiger partial charge < -0.3 is 21.1 Å². The molecule has 0 amide bonds. The molecule has 23 heavy (non-hydrogen) atoms. The van der Waals surface area contributed by atoms with Gasteiger partial charge in [0.2, 0.25) is 5.95 Å². The molecule has 2 heterocycles. The van der Waals surface area contributed by atoms with Crippen LogP contribution in [0.15, 0.2) is 36.5 Å². The van der Waals surface area contributed by atoms with E-state index in [2.05, 4.69) is 25.5 Å². The molecule has 2 aromatic rings. The van der Waals surface area contributed by atoms with Gasteiger partial charge in [-0.05, 0) is 18.2 Å². The van der Waals surface area contributed by atoms with Crippen LogP contribution in [0.2, 0.25) is 0 Å². The third-order valence-electron chi connectivity index (χ3n) is 3.65. The number of hydrogen-bond acceptors (Lipinski definition) is 7. The van der Waals surface area contributed by atoms with Crippen molar-refractivity contribution in [2.24, 2.45) is 0 Å². The molecule has 4 N–H and O–H groups in total. The van der Waals surface area contributed by atoms with Crippen molar-refractivity contribution in [2.45, 2.75) is 0 Å². The Kier molecular flexibility index (Phi) is 5.23. The maximum Gasteiger partial charge on any atom is 0.229 e. The van der Waals surface area contributed by atoms with Crippen molar-refractivity contribution in [1.82, 2.24) is 20.2 Å². The quantitative estimate of drug-likeness (QED) is 0.735. The number of nitrogens with two attached hydrogens (primary N) is 1. The smallest absolute Gasteiger partial charge is 0.229 e. The molecule has 0 spiro atoms. The summed E-state index contributed by atoms with van der Waals surface area (Å²) in [5.74, 6) is 1.74. The zero-order chi connectivity index (χ0) is 15.9. The van der Waals surface area contributed by atoms with Crippen LogP contribution in [0.4, 0.5) is 17.5 Å². The summed E-state index contributed by atoms with van der Waals surface area (Å²) in [5.41, 5.74) is 6.52. The van der Waals surface area contributed by atoms with Crippen LogP contribution in [0.1, 0.15) is 0 Å². The van der Waals surface area contributed by atoms with Crippen LogP contribution in [0.3, 0.4) is 0 Å². The van der Waals surface area contributed by atoms with Crippen LogP contribution in [0.25, 0.3) is 0 Å². The van der Waals surface area contributed by atoms with Crippen LogP contribution in [-0.4, -0.2) is 54.2 Å². The van der Waals surface area contributed by atoms with Crippen molar-refractivity contribution in [3.63, 3.8) is 0 Å². The van der Waals surface area contributed by atoms with Gasteiger partial charge in [0.25, 0.3) is 0 Å². The summed E-state index contributed by atoms with van der Waals surface area (Å²) in [6.45, 7) is 5.89. The van der Waals surface area contributed by atoms with Gasteiger partial charge in [-0.25, -0.2) is 4.98 Å². The Bertz CT molecular complexity index is 629. The molecule has 0 atom stereocenters. The van der Waals surface area contributed by atoms with Gasteiger partial charge in [0.1, 0.15) is 18.2 Å². The highest BCUT2D eigenvalue weighted by Crippen LogP contribution is 2.20. The number of nitrogens with one attached hydrogen (secondary N) is 2. The Labute approximate surface area is 135 Å². The van der Waals surface area contributed by atoms with Crippen molar-refractivity contribution in [3.8, 4) is 5.75 Å². The van der Waals surface area contributed by atoms with E-state index in [1.54, 1.807) is 12.3 Å². The van der Waals surface area contributed by atoms with Crippen molar-refractivity contribution in [3.05, 3.63) is 36.5 Å². The summed E-state index contributed by atoms with van der Waals surface area (Å²) in [5, 5.41) is 6.47. The fraction of sp³-hybridized carbons (Fsp3) is 0.375. The number of nitrogens with zero attached hydrogens (tertiary/aromatic N) is 3. The molecule has 7 heteroatoms. The van der Waals surface area contributed by atoms with E-state index in [1.807, 2.05) is 24.3 Å². The highest BCUT2D eigenvalue weighted by atomic mass is 16.5. The Morgan fingerprint density at radius 2 is 2.13 bits per heavy atom. The van der Waals surface area contributed by atoms with E-state index >= 15 is 0 Å². The molecule has 1 saturated heterocycles. The van der Waals surface area contributed by atoms with Gasteiger partial charge in [-0.1, -0.05) is 6.07 Å². The number of nitrogen functional groups attached to an aromatic ring is 1. The number of piperazine rings is 1. The van der Waals surface area contributed by atoms with Crippen LogP contribution in [0, 0.1) is 0 Å². The number of benzene rings is 1. The Morgan fingerprint density at radius 1 is 1.26 bits per heavy atom. The van der Waals surface area contributed by atoms with Gasteiger partial charge in [0.05, 0.1) is 0 Å². The Balaban J connectivity index is 1.52. The van der Waals surface area contributed by atoms with Gasteiger partial charge in [-0.2, -0.15) is 4.98 Å². The van der Waals surface area contributed by atoms with Gasteiger partial charge in [0, 0.05) is 50.7 Å². The first-order chi connectivity index (χ1) is 11.3. The lowest BCUT2D eigenvalue weighted by atomic mass is 10.3. The van der Waals surface area contributed by atoms with Crippen molar-refractivity contribution in [1.29, 1.82) is 0 Å². The molecule has 0 saturated carbocycles. The van der Waals surface area contributed by atoms with Gasteiger partial charge >= 0.3 is 0 Å². The van der Waals surface area contributed by atoms with Gasteiger partial charge in [-0.3, -0.25) is 4.90 Å². The molecular weight excluding hydrogens is 292 g/mol. The lowest BCUT2D eigenvalue weighted by Gasteiger charge is -2.26. The minimum absolute atomic E-state index is 0.436. The van der Waals surface area contributed by atoms with E-state index in [0.29, 0.717) is 18.4 Å². The maximum atomic E-state index is 5.84. The highest BCUT2D eigenvalue weighted by Gasteiger charge is 2.09. The molecule has 0 aliphatic carbocycles. The topological polar surface area (TPSA) is 88.3 Å². The van der Waals surface area contributed by atoms with E-state index in [9.17, 15) is 0 Å². The maximum absolute atomic E-state index is 5.84. The second kappa shape index (κ2) is 7.75. The molecule has 0 radical (unpaired) electrons. The average molecular weight is 314 g/mol. The predicted molar refractivity (Wildman–Crippen MR) is 91.0 cm³/mol. The second-order valence-corrected chi connectivity index (χ2v) is 5.40. The zero-order valence-electron chi connectivity index (χ0n) is 13.0. The zero-order valence-corrected chi connectivity index (χ0v) is 13.0. The van der Waals surface area contributed by atoms with Crippen LogP contribution in [0.5, 0.6) is 5.75 Å². The molecule has 0 unspecified atom stereocenters. The first-order valence-electron chi connectivity index (χ1n) is 7.81. The average Bonchev–Trinajstić information content (AvgIpc) is 2.56. The summed E-state index contributed by atoms with van der Waals surface area (Å²) in [6.07, 6.45) is 1.62. The molecular formula is C16H22N6O. The summed E-state index contributed by atoms with van der Waals surface area (Å²) >= 11 is 0. The molecule has 1 aromatic heterocycles. The Morgan fingerprint density at radius 3 is 2.96 bits per heavy atom. The normalized spacial score (nSPS) is 15.3. The van der Waals surface area contributed by atoms with E-state index in [0.717, 1.165) is 44.2 Å². The van der Waals surface area contributed by atoms with Crippen LogP contribution >= 0.6 is 0 Å². The van der Waals surface area contributed by atoms with Crippen molar-refractivity contribution >= 4 is 17.5 Å². The third-order valence-corrected chi connectivity index (χ3v) is 3.65. The third kappa shape index (κ3) is 4.80. The SMILES string of the molecule is Nc1ccnc(Nc2cccc(OCCN3CCNCC3)c2)n1. The number of rotatable bonds is 6. The van der Waals surface area contributed by atoms with Crippen LogP contribution in [-0.2, 0) is 0 Å². The van der Waals surface area contributed by atoms with Crippen molar-refractivity contribution in [2.75, 3.05) is 50.4 Å². The first kappa shape index (κ1) is 15.5. The van der Waals surface area contributed by atoms with E-state index in [1.165, 1.54) is 0 Å². The fourth-order valence-corrected chi connectivity index (χ4v) is 2.45. The molecule has 1 aliphatic rings. The number of aromatic nitrogens is 2. The molecule has 7 nitrogen and oxygen atoms in total. The highest BCUT2D eigenvalue weighted by molar-refractivity contribution is 5.56. The monoisotopic (exact) mass is 314 g/mol. The lowest BCUT2D eigenvalue weighted by molar-refractivity contribution is 0.191. The molecule has 1 aromatic carbocycles. The summed E-state index contributed by atoms with van der Waals surface area (Å²) in [7, 11) is 0. The lowest BCUT2D eigenvalue weighted by Crippen LogP contribution is -2.44. The number of ether oxygens (including phenoxy) is 1. The van der Waals surface area contributed by atoms with E-state index in [4.69, 9.17) is 10.5 Å². The molecule has 122 valence electrons. The minimum Gasteiger partial charge on any atom is -0.492 e. The van der Waals surface area contributed by atoms with Crippen molar-refractivity contribution < 1.29 is 4.74 Å². The van der Waals surface area contributed by atoms with E-state index < -0.39 is 0 Å². The second-order valence-electron chi connectivity index (χ2n) is 5.40. The summed E-state index contributed by atoms with van der Waals surface area (Å²) in [4.78, 5) is 10.7. The minimum atomic E-state index is 0.436. The number of anilines is 3. The molecule has 1 aliphatic heterocycles. The van der Waals surface area contributed by atoms with E-state index in [-0.39, 0.29) is 0 Å². The number of hydrogen-bond donors (Lipinski definition) is 3. The fourth-order valence-electron chi connectivity index (χ4n) is 2.45. The largest absolute Gasteiger partial charge is 0.492 e. The standard InChI is InChI=1S/C16H22N6O/c17-15-4-5-19-16(21-15)20-13-2-1-3-14(12-13)23-11-10-22-8-6-18-7-9-22/h1-5,12,18H,6-11H2,(H3,17,19,20,21).